The molecule has 2 aromatic heterocycles. The number of hydrogen-bond donors (Lipinski definition) is 2. The van der Waals surface area contributed by atoms with Crippen LogP contribution in [0.25, 0.3) is 28.0 Å². The number of carbonyl (C=O) groups is 1. The first kappa shape index (κ1) is 22.7. The van der Waals surface area contributed by atoms with E-state index in [1.54, 1.807) is 15.2 Å². The van der Waals surface area contributed by atoms with Gasteiger partial charge in [-0.15, -0.1) is 0 Å². The fourth-order valence-electron chi connectivity index (χ4n) is 5.19. The van der Waals surface area contributed by atoms with Gasteiger partial charge in [-0.25, -0.2) is 9.78 Å². The van der Waals surface area contributed by atoms with Crippen LogP contribution in [-0.4, -0.2) is 52.4 Å². The fraction of sp³-hybridized carbons (Fsp3) is 0.321. The lowest BCUT2D eigenvalue weighted by Gasteiger charge is -2.22. The second kappa shape index (κ2) is 9.72. The molecule has 2 fully saturated rings. The summed E-state index contributed by atoms with van der Waals surface area (Å²) in [5.74, 6) is -0.215. The topological polar surface area (TPSA) is 90.2 Å². The van der Waals surface area contributed by atoms with Gasteiger partial charge in [0, 0.05) is 25.8 Å². The summed E-state index contributed by atoms with van der Waals surface area (Å²) in [6.45, 7) is 2.85. The van der Waals surface area contributed by atoms with Crippen LogP contribution >= 0.6 is 0 Å². The van der Waals surface area contributed by atoms with Crippen LogP contribution < -0.4 is 16.3 Å². The molecular weight excluding hydrogens is 454 g/mol. The number of fused-ring (bicyclic) bond motifs is 1. The van der Waals surface area contributed by atoms with Crippen molar-refractivity contribution in [3.63, 3.8) is 0 Å². The number of hydrogen-bond acceptors (Lipinski definition) is 5. The number of imidazole rings is 1. The lowest BCUT2D eigenvalue weighted by atomic mass is 10.1. The van der Waals surface area contributed by atoms with E-state index in [1.165, 1.54) is 0 Å². The number of pyridine rings is 1. The third-order valence-corrected chi connectivity index (χ3v) is 7.14. The van der Waals surface area contributed by atoms with Gasteiger partial charge >= 0.3 is 5.69 Å². The number of ether oxygens (including phenoxy) is 1. The molecular formula is C28H29N5O3. The van der Waals surface area contributed by atoms with Crippen LogP contribution in [-0.2, 0) is 4.74 Å². The van der Waals surface area contributed by atoms with Gasteiger partial charge in [0.05, 0.1) is 17.2 Å². The van der Waals surface area contributed by atoms with Crippen LogP contribution in [0.15, 0.2) is 71.5 Å². The van der Waals surface area contributed by atoms with Crippen LogP contribution in [0.4, 0.5) is 0 Å². The summed E-state index contributed by atoms with van der Waals surface area (Å²) in [5.41, 5.74) is 4.41. The Morgan fingerprint density at radius 1 is 0.944 bits per heavy atom. The van der Waals surface area contributed by atoms with Crippen molar-refractivity contribution in [3.8, 4) is 16.8 Å². The minimum Gasteiger partial charge on any atom is -0.381 e. The molecule has 8 nitrogen and oxygen atoms in total. The summed E-state index contributed by atoms with van der Waals surface area (Å²) in [7, 11) is 0. The standard InChI is InChI=1S/C28H29N5O3/c34-27(30-21-13-16-36-17-14-21)24-10-11-25-26(31-24)33(23-12-15-29-18-23)28(35)32(25)22-8-6-20(7-9-22)19-4-2-1-3-5-19/h1-11,21,23,29H,12-18H2,(H,30,34). The SMILES string of the molecule is O=C(NC1CCOCC1)c1ccc2c(n1)n(C1CCNC1)c(=O)n2-c1ccc(-c2ccccc2)cc1. The second-order valence-electron chi connectivity index (χ2n) is 9.45. The van der Waals surface area contributed by atoms with Gasteiger partial charge in [0.25, 0.3) is 5.91 Å². The molecule has 4 aromatic rings. The monoisotopic (exact) mass is 483 g/mol. The molecule has 0 bridgehead atoms. The van der Waals surface area contributed by atoms with E-state index < -0.39 is 0 Å². The normalized spacial score (nSPS) is 18.5. The number of aromatic nitrogens is 3. The van der Waals surface area contributed by atoms with Crippen molar-refractivity contribution in [1.82, 2.24) is 24.8 Å². The molecule has 1 amide bonds. The van der Waals surface area contributed by atoms with Crippen LogP contribution in [0.3, 0.4) is 0 Å². The zero-order valence-corrected chi connectivity index (χ0v) is 20.0. The summed E-state index contributed by atoms with van der Waals surface area (Å²) in [6.07, 6.45) is 2.43. The Kier molecular flexibility index (Phi) is 6.13. The molecule has 1 atom stereocenters. The molecule has 36 heavy (non-hydrogen) atoms. The highest BCUT2D eigenvalue weighted by Gasteiger charge is 2.26. The Hall–Kier alpha value is -3.75. The summed E-state index contributed by atoms with van der Waals surface area (Å²) >= 11 is 0. The lowest BCUT2D eigenvalue weighted by Crippen LogP contribution is -2.39. The third kappa shape index (κ3) is 4.23. The Bertz CT molecular complexity index is 1430. The number of nitrogens with one attached hydrogen (secondary N) is 2. The smallest absolute Gasteiger partial charge is 0.335 e. The Labute approximate surface area is 208 Å². The second-order valence-corrected chi connectivity index (χ2v) is 9.45. The summed E-state index contributed by atoms with van der Waals surface area (Å²) in [4.78, 5) is 31.5. The first-order valence-electron chi connectivity index (χ1n) is 12.6. The molecule has 1 unspecified atom stereocenters. The van der Waals surface area contributed by atoms with Crippen molar-refractivity contribution in [2.24, 2.45) is 0 Å². The van der Waals surface area contributed by atoms with Gasteiger partial charge in [-0.3, -0.25) is 13.9 Å². The fourth-order valence-corrected chi connectivity index (χ4v) is 5.19. The Morgan fingerprint density at radius 2 is 1.69 bits per heavy atom. The van der Waals surface area contributed by atoms with Gasteiger partial charge in [0.1, 0.15) is 5.69 Å². The van der Waals surface area contributed by atoms with E-state index in [1.807, 2.05) is 48.5 Å². The predicted molar refractivity (Wildman–Crippen MR) is 139 cm³/mol. The quantitative estimate of drug-likeness (QED) is 0.455. The molecule has 6 rings (SSSR count). The van der Waals surface area contributed by atoms with E-state index >= 15 is 0 Å². The zero-order chi connectivity index (χ0) is 24.5. The first-order chi connectivity index (χ1) is 17.7. The van der Waals surface area contributed by atoms with Crippen LogP contribution in [0, 0.1) is 0 Å². The molecule has 8 heteroatoms. The average molecular weight is 484 g/mol. The molecule has 2 aliphatic rings. The van der Waals surface area contributed by atoms with E-state index in [0.717, 1.165) is 42.6 Å². The molecule has 2 N–H and O–H groups in total. The van der Waals surface area contributed by atoms with Crippen molar-refractivity contribution < 1.29 is 9.53 Å². The third-order valence-electron chi connectivity index (χ3n) is 7.14. The highest BCUT2D eigenvalue weighted by molar-refractivity contribution is 5.94. The molecule has 4 heterocycles. The number of benzene rings is 2. The van der Waals surface area contributed by atoms with Gasteiger partial charge in [0.15, 0.2) is 5.65 Å². The first-order valence-corrected chi connectivity index (χ1v) is 12.6. The maximum absolute atomic E-state index is 13.8. The minimum atomic E-state index is -0.215. The van der Waals surface area contributed by atoms with Crippen molar-refractivity contribution in [1.29, 1.82) is 0 Å². The predicted octanol–water partition coefficient (Wildman–Crippen LogP) is 3.30. The van der Waals surface area contributed by atoms with Crippen molar-refractivity contribution in [2.75, 3.05) is 26.3 Å². The van der Waals surface area contributed by atoms with Gasteiger partial charge < -0.3 is 15.4 Å². The van der Waals surface area contributed by atoms with Crippen molar-refractivity contribution >= 4 is 17.1 Å². The number of rotatable bonds is 5. The van der Waals surface area contributed by atoms with Crippen LogP contribution in [0.2, 0.25) is 0 Å². The summed E-state index contributed by atoms with van der Waals surface area (Å²) in [6, 6.07) is 21.8. The lowest BCUT2D eigenvalue weighted by molar-refractivity contribution is 0.0694. The van der Waals surface area contributed by atoms with Gasteiger partial charge in [0.2, 0.25) is 0 Å². The molecule has 2 aromatic carbocycles. The largest absolute Gasteiger partial charge is 0.381 e. The number of carbonyl (C=O) groups excluding carboxylic acids is 1. The van der Waals surface area contributed by atoms with Crippen LogP contribution in [0.1, 0.15) is 35.8 Å². The molecule has 0 aliphatic carbocycles. The number of nitrogens with zero attached hydrogens (tertiary/aromatic N) is 3. The molecule has 2 saturated heterocycles. The van der Waals surface area contributed by atoms with Crippen molar-refractivity contribution in [3.05, 3.63) is 82.9 Å². The molecule has 2 aliphatic heterocycles. The average Bonchev–Trinajstić information content (AvgIpc) is 3.55. The summed E-state index contributed by atoms with van der Waals surface area (Å²) in [5, 5.41) is 6.42. The highest BCUT2D eigenvalue weighted by atomic mass is 16.5. The van der Waals surface area contributed by atoms with E-state index in [-0.39, 0.29) is 23.7 Å². The molecule has 184 valence electrons. The van der Waals surface area contributed by atoms with Gasteiger partial charge in [-0.1, -0.05) is 42.5 Å². The van der Waals surface area contributed by atoms with Crippen LogP contribution in [0.5, 0.6) is 0 Å². The Balaban J connectivity index is 1.40. The van der Waals surface area contributed by atoms with Gasteiger partial charge in [-0.2, -0.15) is 0 Å². The van der Waals surface area contributed by atoms with E-state index in [4.69, 9.17) is 9.72 Å². The molecule has 0 saturated carbocycles. The molecule has 0 spiro atoms. The zero-order valence-electron chi connectivity index (χ0n) is 20.0. The minimum absolute atomic E-state index is 0.00820. The maximum Gasteiger partial charge on any atom is 0.335 e. The summed E-state index contributed by atoms with van der Waals surface area (Å²) < 4.78 is 8.85. The number of amides is 1. The van der Waals surface area contributed by atoms with E-state index in [9.17, 15) is 9.59 Å². The van der Waals surface area contributed by atoms with Gasteiger partial charge in [-0.05, 0) is 61.2 Å². The van der Waals surface area contributed by atoms with Crippen molar-refractivity contribution in [2.45, 2.75) is 31.3 Å². The molecule has 0 radical (unpaired) electrons. The Morgan fingerprint density at radius 3 is 2.42 bits per heavy atom. The highest BCUT2D eigenvalue weighted by Crippen LogP contribution is 2.25. The maximum atomic E-state index is 13.8. The van der Waals surface area contributed by atoms with E-state index in [0.29, 0.717) is 36.6 Å². The van der Waals surface area contributed by atoms with E-state index in [2.05, 4.69) is 22.8 Å².